The minimum atomic E-state index is 0.331. The Morgan fingerprint density at radius 1 is 1.60 bits per heavy atom. The van der Waals surface area contributed by atoms with Gasteiger partial charge in [0.05, 0.1) is 6.61 Å². The van der Waals surface area contributed by atoms with Crippen LogP contribution in [0, 0.1) is 0 Å². The van der Waals surface area contributed by atoms with Crippen LogP contribution < -0.4 is 15.8 Å². The summed E-state index contributed by atoms with van der Waals surface area (Å²) >= 11 is 0. The monoisotopic (exact) mass is 208 g/mol. The van der Waals surface area contributed by atoms with Crippen LogP contribution in [0.15, 0.2) is 12.3 Å². The molecular weight excluding hydrogens is 192 g/mol. The first-order chi connectivity index (χ1) is 7.28. The predicted octanol–water partition coefficient (Wildman–Crippen LogP) is 0.777. The van der Waals surface area contributed by atoms with Crippen molar-refractivity contribution in [2.75, 3.05) is 11.9 Å². The normalized spacial score (nSPS) is 24.4. The molecule has 1 aliphatic carbocycles. The molecule has 5 heteroatoms. The van der Waals surface area contributed by atoms with Crippen molar-refractivity contribution in [2.24, 2.45) is 5.73 Å². The van der Waals surface area contributed by atoms with Crippen LogP contribution in [0.25, 0.3) is 0 Å². The summed E-state index contributed by atoms with van der Waals surface area (Å²) < 4.78 is 5.29. The number of aromatic nitrogens is 2. The third kappa shape index (κ3) is 2.56. The minimum Gasteiger partial charge on any atom is -0.478 e. The van der Waals surface area contributed by atoms with Crippen LogP contribution in [0.5, 0.6) is 5.88 Å². The molecule has 1 heterocycles. The molecule has 2 rings (SSSR count). The highest BCUT2D eigenvalue weighted by Crippen LogP contribution is 2.21. The molecule has 0 atom stereocenters. The zero-order valence-electron chi connectivity index (χ0n) is 8.81. The average molecular weight is 208 g/mol. The van der Waals surface area contributed by atoms with Gasteiger partial charge in [0, 0.05) is 24.3 Å². The summed E-state index contributed by atoms with van der Waals surface area (Å²) in [6, 6.07) is 2.50. The first-order valence-corrected chi connectivity index (χ1v) is 5.26. The standard InChI is InChI=1S/C10H16N4O/c1-2-15-9-3-4-12-10(14-9)13-8-5-7(11)6-8/h3-4,7-8H,2,5-6,11H2,1H3,(H,12,13,14). The molecule has 5 nitrogen and oxygen atoms in total. The van der Waals surface area contributed by atoms with Gasteiger partial charge >= 0.3 is 0 Å². The Morgan fingerprint density at radius 3 is 3.07 bits per heavy atom. The molecule has 1 aromatic heterocycles. The molecule has 82 valence electrons. The van der Waals surface area contributed by atoms with E-state index >= 15 is 0 Å². The van der Waals surface area contributed by atoms with Crippen molar-refractivity contribution in [1.82, 2.24) is 9.97 Å². The quantitative estimate of drug-likeness (QED) is 0.764. The molecule has 0 saturated heterocycles. The van der Waals surface area contributed by atoms with Crippen LogP contribution in [-0.2, 0) is 0 Å². The van der Waals surface area contributed by atoms with Gasteiger partial charge < -0.3 is 15.8 Å². The molecule has 1 saturated carbocycles. The number of nitrogens with zero attached hydrogens (tertiary/aromatic N) is 2. The molecule has 0 spiro atoms. The number of hydrogen-bond acceptors (Lipinski definition) is 5. The second-order valence-electron chi connectivity index (χ2n) is 3.72. The molecule has 3 N–H and O–H groups in total. The van der Waals surface area contributed by atoms with E-state index in [1.807, 2.05) is 6.92 Å². The van der Waals surface area contributed by atoms with Gasteiger partial charge in [-0.3, -0.25) is 0 Å². The van der Waals surface area contributed by atoms with Crippen molar-refractivity contribution in [3.63, 3.8) is 0 Å². The summed E-state index contributed by atoms with van der Waals surface area (Å²) in [5.74, 6) is 1.23. The summed E-state index contributed by atoms with van der Waals surface area (Å²) in [6.45, 7) is 2.55. The van der Waals surface area contributed by atoms with Crippen LogP contribution >= 0.6 is 0 Å². The smallest absolute Gasteiger partial charge is 0.226 e. The SMILES string of the molecule is CCOc1ccnc(NC2CC(N)C2)n1. The number of nitrogens with two attached hydrogens (primary N) is 1. The van der Waals surface area contributed by atoms with Crippen LogP contribution in [0.2, 0.25) is 0 Å². The molecule has 15 heavy (non-hydrogen) atoms. The van der Waals surface area contributed by atoms with Gasteiger partial charge in [0.15, 0.2) is 0 Å². The second kappa shape index (κ2) is 4.44. The number of rotatable bonds is 4. The Hall–Kier alpha value is -1.36. The van der Waals surface area contributed by atoms with Crippen molar-refractivity contribution < 1.29 is 4.74 Å². The van der Waals surface area contributed by atoms with Crippen molar-refractivity contribution in [3.8, 4) is 5.88 Å². The van der Waals surface area contributed by atoms with Crippen molar-refractivity contribution in [2.45, 2.75) is 31.8 Å². The summed E-state index contributed by atoms with van der Waals surface area (Å²) in [4.78, 5) is 8.35. The van der Waals surface area contributed by atoms with E-state index in [1.165, 1.54) is 0 Å². The average Bonchev–Trinajstić information content (AvgIpc) is 2.17. The zero-order valence-corrected chi connectivity index (χ0v) is 8.81. The highest BCUT2D eigenvalue weighted by atomic mass is 16.5. The maximum Gasteiger partial charge on any atom is 0.226 e. The van der Waals surface area contributed by atoms with E-state index in [1.54, 1.807) is 12.3 Å². The summed E-state index contributed by atoms with van der Waals surface area (Å²) in [5, 5.41) is 3.23. The van der Waals surface area contributed by atoms with Crippen LogP contribution in [0.1, 0.15) is 19.8 Å². The second-order valence-corrected chi connectivity index (χ2v) is 3.72. The maximum atomic E-state index is 5.69. The van der Waals surface area contributed by atoms with Gasteiger partial charge in [-0.2, -0.15) is 4.98 Å². The maximum absolute atomic E-state index is 5.69. The lowest BCUT2D eigenvalue weighted by molar-refractivity contribution is 0.325. The van der Waals surface area contributed by atoms with Crippen molar-refractivity contribution >= 4 is 5.95 Å². The van der Waals surface area contributed by atoms with Crippen LogP contribution in [0.3, 0.4) is 0 Å². The molecule has 1 fully saturated rings. The highest BCUT2D eigenvalue weighted by molar-refractivity contribution is 5.30. The Morgan fingerprint density at radius 2 is 2.40 bits per heavy atom. The van der Waals surface area contributed by atoms with Gasteiger partial charge in [-0.25, -0.2) is 4.98 Å². The van der Waals surface area contributed by atoms with Gasteiger partial charge in [0.25, 0.3) is 0 Å². The summed E-state index contributed by atoms with van der Waals surface area (Å²) in [6.07, 6.45) is 3.67. The van der Waals surface area contributed by atoms with Gasteiger partial charge in [-0.1, -0.05) is 0 Å². The fourth-order valence-electron chi connectivity index (χ4n) is 1.60. The summed E-state index contributed by atoms with van der Waals surface area (Å²) in [5.41, 5.74) is 5.69. The van der Waals surface area contributed by atoms with Gasteiger partial charge in [-0.05, 0) is 19.8 Å². The summed E-state index contributed by atoms with van der Waals surface area (Å²) in [7, 11) is 0. The fourth-order valence-corrected chi connectivity index (χ4v) is 1.60. The van der Waals surface area contributed by atoms with E-state index in [0.717, 1.165) is 12.8 Å². The first kappa shape index (κ1) is 10.2. The van der Waals surface area contributed by atoms with Crippen LogP contribution in [-0.4, -0.2) is 28.7 Å². The molecule has 0 bridgehead atoms. The molecule has 0 radical (unpaired) electrons. The number of hydrogen-bond donors (Lipinski definition) is 2. The number of nitrogens with one attached hydrogen (secondary N) is 1. The Balaban J connectivity index is 1.93. The first-order valence-electron chi connectivity index (χ1n) is 5.26. The third-order valence-corrected chi connectivity index (χ3v) is 2.43. The molecule has 1 aliphatic rings. The van der Waals surface area contributed by atoms with Gasteiger partial charge in [0.2, 0.25) is 11.8 Å². The lowest BCUT2D eigenvalue weighted by Gasteiger charge is -2.32. The molecule has 0 aliphatic heterocycles. The zero-order chi connectivity index (χ0) is 10.7. The van der Waals surface area contributed by atoms with E-state index in [2.05, 4.69) is 15.3 Å². The molecule has 1 aromatic rings. The van der Waals surface area contributed by atoms with E-state index in [-0.39, 0.29) is 0 Å². The Bertz CT molecular complexity index is 325. The van der Waals surface area contributed by atoms with Crippen molar-refractivity contribution in [3.05, 3.63) is 12.3 Å². The van der Waals surface area contributed by atoms with Crippen LogP contribution in [0.4, 0.5) is 5.95 Å². The van der Waals surface area contributed by atoms with Gasteiger partial charge in [-0.15, -0.1) is 0 Å². The lowest BCUT2D eigenvalue weighted by Crippen LogP contribution is -2.44. The van der Waals surface area contributed by atoms with E-state index in [4.69, 9.17) is 10.5 Å². The van der Waals surface area contributed by atoms with E-state index in [9.17, 15) is 0 Å². The van der Waals surface area contributed by atoms with Gasteiger partial charge in [0.1, 0.15) is 0 Å². The topological polar surface area (TPSA) is 73.1 Å². The predicted molar refractivity (Wildman–Crippen MR) is 57.8 cm³/mol. The number of anilines is 1. The molecule has 0 unspecified atom stereocenters. The Kier molecular flexibility index (Phi) is 3.01. The molecular formula is C10H16N4O. The molecule has 0 aromatic carbocycles. The Labute approximate surface area is 89.1 Å². The molecule has 0 amide bonds. The van der Waals surface area contributed by atoms with E-state index in [0.29, 0.717) is 30.5 Å². The number of ether oxygens (including phenoxy) is 1. The minimum absolute atomic E-state index is 0.331. The largest absolute Gasteiger partial charge is 0.478 e. The highest BCUT2D eigenvalue weighted by Gasteiger charge is 2.26. The van der Waals surface area contributed by atoms with E-state index < -0.39 is 0 Å². The van der Waals surface area contributed by atoms with Crippen molar-refractivity contribution in [1.29, 1.82) is 0 Å². The third-order valence-electron chi connectivity index (χ3n) is 2.43. The fraction of sp³-hybridized carbons (Fsp3) is 0.600. The lowest BCUT2D eigenvalue weighted by atomic mass is 9.88.